The van der Waals surface area contributed by atoms with Crippen LogP contribution in [0.3, 0.4) is 0 Å². The van der Waals surface area contributed by atoms with Gasteiger partial charge in [-0.05, 0) is 42.0 Å². The van der Waals surface area contributed by atoms with Crippen LogP contribution < -0.4 is 4.90 Å². The second-order valence-electron chi connectivity index (χ2n) is 6.90. The lowest BCUT2D eigenvalue weighted by molar-refractivity contribution is -0.384. The van der Waals surface area contributed by atoms with Crippen molar-refractivity contribution in [3.63, 3.8) is 0 Å². The zero-order valence-electron chi connectivity index (χ0n) is 16.0. The van der Waals surface area contributed by atoms with Crippen LogP contribution in [-0.4, -0.2) is 26.8 Å². The quantitative estimate of drug-likeness (QED) is 0.219. The molecular weight excluding hydrogens is 400 g/mol. The molecule has 1 atom stereocenters. The molecule has 0 aromatic heterocycles. The van der Waals surface area contributed by atoms with Gasteiger partial charge in [0.2, 0.25) is 0 Å². The van der Waals surface area contributed by atoms with Crippen molar-refractivity contribution in [3.8, 4) is 5.75 Å². The number of nitrogens with zero attached hydrogens (tertiary/aromatic N) is 2. The molecule has 1 aliphatic heterocycles. The minimum absolute atomic E-state index is 0.0171. The molecule has 1 aliphatic rings. The fourth-order valence-electron chi connectivity index (χ4n) is 3.56. The summed E-state index contributed by atoms with van der Waals surface area (Å²) in [6.07, 6.45) is 0. The van der Waals surface area contributed by atoms with E-state index >= 15 is 0 Å². The van der Waals surface area contributed by atoms with Gasteiger partial charge in [-0.3, -0.25) is 24.6 Å². The van der Waals surface area contributed by atoms with Crippen molar-refractivity contribution < 1.29 is 24.7 Å². The smallest absolute Gasteiger partial charge is 0.300 e. The van der Waals surface area contributed by atoms with E-state index < -0.39 is 22.7 Å². The molecule has 1 heterocycles. The minimum Gasteiger partial charge on any atom is -0.508 e. The van der Waals surface area contributed by atoms with Gasteiger partial charge in [-0.15, -0.1) is 0 Å². The number of phenolic OH excluding ortho intramolecular Hbond substituents is 1. The molecular formula is C23H16N2O6. The van der Waals surface area contributed by atoms with Gasteiger partial charge in [0.15, 0.2) is 0 Å². The highest BCUT2D eigenvalue weighted by Crippen LogP contribution is 2.42. The number of nitro benzene ring substituents is 1. The summed E-state index contributed by atoms with van der Waals surface area (Å²) in [5.41, 5.74) is 0.829. The van der Waals surface area contributed by atoms with E-state index in [4.69, 9.17) is 0 Å². The number of carbonyl (C=O) groups excluding carboxylic acids is 2. The number of hydrogen-bond donors (Lipinski definition) is 2. The molecule has 0 aliphatic carbocycles. The number of non-ortho nitro benzene ring substituents is 1. The van der Waals surface area contributed by atoms with Crippen molar-refractivity contribution >= 4 is 28.8 Å². The summed E-state index contributed by atoms with van der Waals surface area (Å²) in [7, 11) is 0. The molecule has 0 bridgehead atoms. The zero-order valence-corrected chi connectivity index (χ0v) is 16.0. The number of carbonyl (C=O) groups is 2. The number of amides is 1. The van der Waals surface area contributed by atoms with Crippen molar-refractivity contribution in [2.45, 2.75) is 6.04 Å². The molecule has 0 spiro atoms. The van der Waals surface area contributed by atoms with Crippen molar-refractivity contribution in [1.82, 2.24) is 0 Å². The van der Waals surface area contributed by atoms with Gasteiger partial charge in [0, 0.05) is 23.4 Å². The van der Waals surface area contributed by atoms with Crippen LogP contribution in [0.1, 0.15) is 17.2 Å². The highest BCUT2D eigenvalue weighted by atomic mass is 16.6. The second kappa shape index (κ2) is 7.75. The first-order valence-corrected chi connectivity index (χ1v) is 9.28. The molecule has 4 rings (SSSR count). The van der Waals surface area contributed by atoms with Gasteiger partial charge in [-0.25, -0.2) is 0 Å². The van der Waals surface area contributed by atoms with Crippen molar-refractivity contribution in [3.05, 3.63) is 106 Å². The summed E-state index contributed by atoms with van der Waals surface area (Å²) in [6.45, 7) is 0. The third-order valence-corrected chi connectivity index (χ3v) is 5.04. The Morgan fingerprint density at radius 1 is 0.903 bits per heavy atom. The summed E-state index contributed by atoms with van der Waals surface area (Å²) in [6, 6.07) is 18.5. The molecule has 0 unspecified atom stereocenters. The topological polar surface area (TPSA) is 121 Å². The summed E-state index contributed by atoms with van der Waals surface area (Å²) < 4.78 is 0. The monoisotopic (exact) mass is 416 g/mol. The normalized spacial score (nSPS) is 17.7. The number of aliphatic hydroxyl groups excluding tert-OH is 1. The molecule has 8 nitrogen and oxygen atoms in total. The fourth-order valence-corrected chi connectivity index (χ4v) is 3.56. The number of Topliss-reactive ketones (excluding diaryl/α,β-unsaturated/α-hetero) is 1. The average molecular weight is 416 g/mol. The Kier molecular flexibility index (Phi) is 4.96. The van der Waals surface area contributed by atoms with Crippen LogP contribution in [0.2, 0.25) is 0 Å². The number of anilines is 1. The lowest BCUT2D eigenvalue weighted by atomic mass is 9.95. The molecule has 3 aromatic carbocycles. The predicted molar refractivity (Wildman–Crippen MR) is 112 cm³/mol. The summed E-state index contributed by atoms with van der Waals surface area (Å²) in [5.74, 6) is -2.09. The highest BCUT2D eigenvalue weighted by molar-refractivity contribution is 6.51. The van der Waals surface area contributed by atoms with E-state index in [0.29, 0.717) is 16.8 Å². The number of aromatic hydroxyl groups is 1. The number of benzene rings is 3. The Balaban J connectivity index is 1.93. The predicted octanol–water partition coefficient (Wildman–Crippen LogP) is 3.93. The number of nitro groups is 1. The number of rotatable bonds is 4. The molecule has 0 radical (unpaired) electrons. The summed E-state index contributed by atoms with van der Waals surface area (Å²) >= 11 is 0. The van der Waals surface area contributed by atoms with E-state index in [2.05, 4.69) is 0 Å². The zero-order chi connectivity index (χ0) is 22.1. The van der Waals surface area contributed by atoms with E-state index in [9.17, 15) is 29.9 Å². The lowest BCUT2D eigenvalue weighted by Gasteiger charge is -2.25. The fraction of sp³-hybridized carbons (Fsp3) is 0.0435. The highest BCUT2D eigenvalue weighted by Gasteiger charge is 2.47. The number of ketones is 1. The Morgan fingerprint density at radius 2 is 1.52 bits per heavy atom. The molecule has 154 valence electrons. The first-order chi connectivity index (χ1) is 14.9. The molecule has 1 amide bonds. The Hall–Kier alpha value is -4.46. The van der Waals surface area contributed by atoms with E-state index in [1.54, 1.807) is 30.3 Å². The van der Waals surface area contributed by atoms with Crippen molar-refractivity contribution in [2.75, 3.05) is 4.90 Å². The van der Waals surface area contributed by atoms with Gasteiger partial charge in [-0.1, -0.05) is 30.3 Å². The van der Waals surface area contributed by atoms with E-state index in [0.717, 1.165) is 0 Å². The number of hydrogen-bond acceptors (Lipinski definition) is 6. The third kappa shape index (κ3) is 3.51. The summed E-state index contributed by atoms with van der Waals surface area (Å²) in [4.78, 5) is 37.6. The van der Waals surface area contributed by atoms with Crippen molar-refractivity contribution in [1.29, 1.82) is 0 Å². The van der Waals surface area contributed by atoms with Crippen LogP contribution in [0.4, 0.5) is 11.4 Å². The average Bonchev–Trinajstić information content (AvgIpc) is 3.05. The van der Waals surface area contributed by atoms with E-state index in [-0.39, 0.29) is 22.8 Å². The van der Waals surface area contributed by atoms with Crippen LogP contribution in [0.25, 0.3) is 5.76 Å². The van der Waals surface area contributed by atoms with Gasteiger partial charge in [0.25, 0.3) is 17.4 Å². The first-order valence-electron chi connectivity index (χ1n) is 9.28. The van der Waals surface area contributed by atoms with Crippen LogP contribution in [-0.2, 0) is 9.59 Å². The van der Waals surface area contributed by atoms with Gasteiger partial charge in [0.1, 0.15) is 11.5 Å². The minimum atomic E-state index is -1.01. The van der Waals surface area contributed by atoms with E-state index in [1.165, 1.54) is 53.4 Å². The van der Waals surface area contributed by atoms with E-state index in [1.807, 2.05) is 0 Å². The maximum atomic E-state index is 13.0. The SMILES string of the molecule is O=C1C(=O)N(c2ccc(O)cc2)[C@@H](c2ccc([N+](=O)[O-])cc2)C1=C(O)c1ccccc1. The maximum absolute atomic E-state index is 13.0. The van der Waals surface area contributed by atoms with Gasteiger partial charge >= 0.3 is 0 Å². The van der Waals surface area contributed by atoms with Gasteiger partial charge in [0.05, 0.1) is 16.5 Å². The number of phenols is 1. The van der Waals surface area contributed by atoms with Crippen LogP contribution in [0, 0.1) is 10.1 Å². The first kappa shape index (κ1) is 19.8. The molecule has 31 heavy (non-hydrogen) atoms. The summed E-state index contributed by atoms with van der Waals surface area (Å²) in [5, 5.41) is 31.5. The van der Waals surface area contributed by atoms with Crippen LogP contribution >= 0.6 is 0 Å². The Labute approximate surface area is 176 Å². The Bertz CT molecular complexity index is 1200. The molecule has 1 saturated heterocycles. The van der Waals surface area contributed by atoms with Crippen LogP contribution in [0.5, 0.6) is 5.75 Å². The molecule has 0 saturated carbocycles. The molecule has 3 aromatic rings. The maximum Gasteiger partial charge on any atom is 0.300 e. The number of aliphatic hydroxyl groups is 1. The lowest BCUT2D eigenvalue weighted by Crippen LogP contribution is -2.29. The standard InChI is InChI=1S/C23H16N2O6/c26-18-12-10-16(11-13-18)24-20(14-6-8-17(9-7-14)25(30)31)19(22(28)23(24)29)21(27)15-4-2-1-3-5-15/h1-13,20,26-27H/t20-/m0/s1. The molecule has 1 fully saturated rings. The van der Waals surface area contributed by atoms with Crippen LogP contribution in [0.15, 0.2) is 84.4 Å². The second-order valence-corrected chi connectivity index (χ2v) is 6.90. The molecule has 2 N–H and O–H groups in total. The largest absolute Gasteiger partial charge is 0.508 e. The van der Waals surface area contributed by atoms with Gasteiger partial charge < -0.3 is 10.2 Å². The third-order valence-electron chi connectivity index (χ3n) is 5.04. The van der Waals surface area contributed by atoms with Gasteiger partial charge in [-0.2, -0.15) is 0 Å². The molecule has 8 heteroatoms. The Morgan fingerprint density at radius 3 is 2.10 bits per heavy atom. The van der Waals surface area contributed by atoms with Crippen molar-refractivity contribution in [2.24, 2.45) is 0 Å².